The Morgan fingerprint density at radius 3 is 1.20 bits per heavy atom. The standard InChI is InChI=1S/2C12H9F3/c2*1-2-8-7-10(9-3-4-9)5-6-11(8)12(13,14)15/h2*1,5-7,9H,3-4H2. The van der Waals surface area contributed by atoms with E-state index in [0.717, 1.165) is 48.9 Å². The molecule has 2 aromatic rings. The highest BCUT2D eigenvalue weighted by atomic mass is 19.4. The van der Waals surface area contributed by atoms with Crippen molar-refractivity contribution in [3.63, 3.8) is 0 Å². The minimum atomic E-state index is -4.36. The van der Waals surface area contributed by atoms with E-state index in [4.69, 9.17) is 12.8 Å². The molecule has 2 aromatic carbocycles. The average molecular weight is 420 g/mol. The fourth-order valence-electron chi connectivity index (χ4n) is 3.20. The maximum Gasteiger partial charge on any atom is 0.417 e. The summed E-state index contributed by atoms with van der Waals surface area (Å²) in [4.78, 5) is 0. The highest BCUT2D eigenvalue weighted by Crippen LogP contribution is 2.43. The van der Waals surface area contributed by atoms with Gasteiger partial charge in [-0.05, 0) is 72.9 Å². The van der Waals surface area contributed by atoms with E-state index < -0.39 is 23.5 Å². The molecular formula is C24H18F6. The molecule has 6 heteroatoms. The largest absolute Gasteiger partial charge is 0.417 e. The fourth-order valence-corrected chi connectivity index (χ4v) is 3.20. The van der Waals surface area contributed by atoms with Gasteiger partial charge in [-0.3, -0.25) is 0 Å². The number of hydrogen-bond acceptors (Lipinski definition) is 0. The monoisotopic (exact) mass is 420 g/mol. The smallest absolute Gasteiger partial charge is 0.166 e. The molecule has 0 heterocycles. The number of halogens is 6. The zero-order valence-corrected chi connectivity index (χ0v) is 15.9. The van der Waals surface area contributed by atoms with Gasteiger partial charge < -0.3 is 0 Å². The SMILES string of the molecule is C#Cc1cc(C2CC2)ccc1C(F)(F)F.C#Cc1cc(C2CC2)ccc1C(F)(F)F. The van der Waals surface area contributed by atoms with Crippen LogP contribution < -0.4 is 0 Å². The molecule has 0 atom stereocenters. The van der Waals surface area contributed by atoms with Gasteiger partial charge in [-0.15, -0.1) is 12.8 Å². The van der Waals surface area contributed by atoms with Gasteiger partial charge in [0, 0.05) is 11.1 Å². The fraction of sp³-hybridized carbons (Fsp3) is 0.333. The normalized spacial score (nSPS) is 16.1. The van der Waals surface area contributed by atoms with Crippen molar-refractivity contribution in [1.29, 1.82) is 0 Å². The van der Waals surface area contributed by atoms with Crippen molar-refractivity contribution in [3.05, 3.63) is 69.8 Å². The van der Waals surface area contributed by atoms with Gasteiger partial charge in [0.2, 0.25) is 0 Å². The summed E-state index contributed by atoms with van der Waals surface area (Å²) in [5, 5.41) is 0. The van der Waals surface area contributed by atoms with Crippen molar-refractivity contribution >= 4 is 0 Å². The van der Waals surface area contributed by atoms with E-state index in [1.54, 1.807) is 0 Å². The van der Waals surface area contributed by atoms with Crippen LogP contribution in [0.25, 0.3) is 0 Å². The first-order chi connectivity index (χ1) is 14.0. The summed E-state index contributed by atoms with van der Waals surface area (Å²) < 4.78 is 74.9. The van der Waals surface area contributed by atoms with Crippen LogP contribution in [-0.2, 0) is 12.4 Å². The van der Waals surface area contributed by atoms with Gasteiger partial charge >= 0.3 is 12.4 Å². The molecule has 0 nitrogen and oxygen atoms in total. The molecule has 0 unspecified atom stereocenters. The zero-order chi connectivity index (χ0) is 22.1. The Kier molecular flexibility index (Phi) is 5.90. The molecular weight excluding hydrogens is 402 g/mol. The molecule has 4 rings (SSSR count). The first-order valence-electron chi connectivity index (χ1n) is 9.40. The molecule has 2 aliphatic carbocycles. The molecule has 2 aliphatic rings. The van der Waals surface area contributed by atoms with Crippen molar-refractivity contribution in [1.82, 2.24) is 0 Å². The lowest BCUT2D eigenvalue weighted by Crippen LogP contribution is -2.08. The van der Waals surface area contributed by atoms with Crippen molar-refractivity contribution in [2.45, 2.75) is 49.9 Å². The lowest BCUT2D eigenvalue weighted by Gasteiger charge is -2.10. The summed E-state index contributed by atoms with van der Waals surface area (Å²) in [7, 11) is 0. The van der Waals surface area contributed by atoms with Crippen LogP contribution in [0.4, 0.5) is 26.3 Å². The van der Waals surface area contributed by atoms with Crippen molar-refractivity contribution in [2.75, 3.05) is 0 Å². The minimum absolute atomic E-state index is 0.0492. The summed E-state index contributed by atoms with van der Waals surface area (Å²) >= 11 is 0. The maximum absolute atomic E-state index is 12.5. The number of alkyl halides is 6. The van der Waals surface area contributed by atoms with E-state index >= 15 is 0 Å². The Hall–Kier alpha value is -2.86. The summed E-state index contributed by atoms with van der Waals surface area (Å²) in [6.45, 7) is 0. The van der Waals surface area contributed by atoms with Crippen LogP contribution in [0, 0.1) is 24.7 Å². The van der Waals surface area contributed by atoms with Crippen LogP contribution in [0.5, 0.6) is 0 Å². The Morgan fingerprint density at radius 1 is 0.633 bits per heavy atom. The molecule has 156 valence electrons. The Bertz CT molecular complexity index is 922. The molecule has 0 bridgehead atoms. The maximum atomic E-state index is 12.5. The van der Waals surface area contributed by atoms with Gasteiger partial charge in [0.25, 0.3) is 0 Å². The van der Waals surface area contributed by atoms with Gasteiger partial charge in [0.1, 0.15) is 0 Å². The van der Waals surface area contributed by atoms with Gasteiger partial charge in [-0.2, -0.15) is 26.3 Å². The summed E-state index contributed by atoms with van der Waals surface area (Å²) in [6.07, 6.45) is 5.66. The summed E-state index contributed by atoms with van der Waals surface area (Å²) in [5.74, 6) is 5.04. The molecule has 0 aromatic heterocycles. The summed E-state index contributed by atoms with van der Waals surface area (Å²) in [5.41, 5.74) is 0.328. The first-order valence-corrected chi connectivity index (χ1v) is 9.40. The Morgan fingerprint density at radius 2 is 0.967 bits per heavy atom. The summed E-state index contributed by atoms with van der Waals surface area (Å²) in [6, 6.07) is 8.20. The number of benzene rings is 2. The van der Waals surface area contributed by atoms with E-state index in [1.165, 1.54) is 24.3 Å². The zero-order valence-electron chi connectivity index (χ0n) is 15.9. The molecule has 0 radical (unpaired) electrons. The third-order valence-electron chi connectivity index (χ3n) is 5.11. The topological polar surface area (TPSA) is 0 Å². The predicted octanol–water partition coefficient (Wildman–Crippen LogP) is 7.13. The van der Waals surface area contributed by atoms with Crippen LogP contribution in [0.1, 0.15) is 70.9 Å². The van der Waals surface area contributed by atoms with Crippen LogP contribution in [0.3, 0.4) is 0 Å². The van der Waals surface area contributed by atoms with Crippen molar-refractivity contribution < 1.29 is 26.3 Å². The van der Waals surface area contributed by atoms with E-state index in [2.05, 4.69) is 11.8 Å². The second-order valence-electron chi connectivity index (χ2n) is 7.44. The molecule has 0 saturated heterocycles. The highest BCUT2D eigenvalue weighted by Gasteiger charge is 2.35. The first kappa shape index (κ1) is 21.8. The van der Waals surface area contributed by atoms with Crippen LogP contribution in [0.2, 0.25) is 0 Å². The average Bonchev–Trinajstić information content (AvgIpc) is 3.57. The van der Waals surface area contributed by atoms with E-state index in [1.807, 2.05) is 0 Å². The predicted molar refractivity (Wildman–Crippen MR) is 103 cm³/mol. The highest BCUT2D eigenvalue weighted by molar-refractivity contribution is 5.46. The van der Waals surface area contributed by atoms with Gasteiger partial charge in [-0.25, -0.2) is 0 Å². The van der Waals surface area contributed by atoms with Crippen molar-refractivity contribution in [2.24, 2.45) is 0 Å². The second-order valence-corrected chi connectivity index (χ2v) is 7.44. The Labute approximate surface area is 171 Å². The van der Waals surface area contributed by atoms with E-state index in [9.17, 15) is 26.3 Å². The van der Waals surface area contributed by atoms with Gasteiger partial charge in [0.15, 0.2) is 0 Å². The van der Waals surface area contributed by atoms with Crippen LogP contribution in [0.15, 0.2) is 36.4 Å². The molecule has 0 aliphatic heterocycles. The van der Waals surface area contributed by atoms with Gasteiger partial charge in [-0.1, -0.05) is 24.0 Å². The lowest BCUT2D eigenvalue weighted by atomic mass is 10.0. The van der Waals surface area contributed by atoms with Crippen LogP contribution >= 0.6 is 0 Å². The van der Waals surface area contributed by atoms with Crippen LogP contribution in [-0.4, -0.2) is 0 Å². The molecule has 30 heavy (non-hydrogen) atoms. The Balaban J connectivity index is 0.000000171. The molecule has 0 N–H and O–H groups in total. The molecule has 2 saturated carbocycles. The van der Waals surface area contributed by atoms with Gasteiger partial charge in [0.05, 0.1) is 11.1 Å². The van der Waals surface area contributed by atoms with Crippen molar-refractivity contribution in [3.8, 4) is 24.7 Å². The number of hydrogen-bond donors (Lipinski definition) is 0. The van der Waals surface area contributed by atoms with E-state index in [0.29, 0.717) is 11.8 Å². The number of rotatable bonds is 2. The third-order valence-corrected chi connectivity index (χ3v) is 5.11. The molecule has 0 amide bonds. The lowest BCUT2D eigenvalue weighted by molar-refractivity contribution is -0.138. The number of terminal acetylenes is 2. The molecule has 0 spiro atoms. The van der Waals surface area contributed by atoms with E-state index in [-0.39, 0.29) is 11.1 Å². The minimum Gasteiger partial charge on any atom is -0.166 e. The molecule has 2 fully saturated rings. The quantitative estimate of drug-likeness (QED) is 0.358. The second kappa shape index (κ2) is 8.11. The third kappa shape index (κ3) is 5.19.